The summed E-state index contributed by atoms with van der Waals surface area (Å²) in [4.78, 5) is 14.6. The third kappa shape index (κ3) is 4.99. The minimum Gasteiger partial charge on any atom is -0.464 e. The molecular weight excluding hydrogens is 364 g/mol. The molecule has 1 aromatic carbocycles. The Hall–Kier alpha value is -2.12. The van der Waals surface area contributed by atoms with Gasteiger partial charge in [-0.1, -0.05) is 6.07 Å². The van der Waals surface area contributed by atoms with Gasteiger partial charge in [0.15, 0.2) is 0 Å². The van der Waals surface area contributed by atoms with Crippen LogP contribution in [0.1, 0.15) is 36.5 Å². The second-order valence-electron chi connectivity index (χ2n) is 7.13. The highest BCUT2D eigenvalue weighted by atomic mass is 32.2. The van der Waals surface area contributed by atoms with Crippen LogP contribution in [0.2, 0.25) is 0 Å². The highest BCUT2D eigenvalue weighted by Gasteiger charge is 2.27. The van der Waals surface area contributed by atoms with Crippen LogP contribution in [-0.2, 0) is 21.4 Å². The van der Waals surface area contributed by atoms with E-state index >= 15 is 0 Å². The molecule has 7 heteroatoms. The van der Waals surface area contributed by atoms with Crippen molar-refractivity contribution < 1.29 is 17.6 Å². The fourth-order valence-electron chi connectivity index (χ4n) is 2.72. The van der Waals surface area contributed by atoms with Crippen molar-refractivity contribution in [1.29, 1.82) is 0 Å². The van der Waals surface area contributed by atoms with Gasteiger partial charge in [-0.2, -0.15) is 4.31 Å². The van der Waals surface area contributed by atoms with Crippen molar-refractivity contribution in [3.8, 4) is 0 Å². The molecule has 0 saturated heterocycles. The average molecular weight is 393 g/mol. The van der Waals surface area contributed by atoms with E-state index in [0.29, 0.717) is 12.3 Å². The lowest BCUT2D eigenvalue weighted by Gasteiger charge is -2.28. The molecule has 0 aliphatic rings. The van der Waals surface area contributed by atoms with Crippen LogP contribution < -0.4 is 0 Å². The maximum atomic E-state index is 12.8. The molecule has 0 aliphatic carbocycles. The van der Waals surface area contributed by atoms with Crippen LogP contribution in [0.3, 0.4) is 0 Å². The highest BCUT2D eigenvalue weighted by Crippen LogP contribution is 2.19. The van der Waals surface area contributed by atoms with Gasteiger partial charge in [0.1, 0.15) is 11.5 Å². The van der Waals surface area contributed by atoms with Gasteiger partial charge >= 0.3 is 0 Å². The molecule has 0 saturated carbocycles. The normalized spacial score (nSPS) is 12.0. The number of likely N-dealkylation sites (N-methyl/N-ethyl adjacent to an activating group) is 1. The second kappa shape index (κ2) is 8.27. The van der Waals surface area contributed by atoms with E-state index in [9.17, 15) is 13.2 Å². The van der Waals surface area contributed by atoms with Crippen molar-refractivity contribution in [2.24, 2.45) is 0 Å². The summed E-state index contributed by atoms with van der Waals surface area (Å²) in [6.45, 7) is 9.50. The molecule has 148 valence electrons. The number of furan rings is 1. The van der Waals surface area contributed by atoms with Gasteiger partial charge in [-0.25, -0.2) is 8.42 Å². The standard InChI is InChI=1S/C20H28N2O4S/c1-14(2)22(12-18-9-8-17(5)26-18)20(23)13-21(6)27(24,25)19-10-7-15(3)16(4)11-19/h7-11,14H,12-13H2,1-6H3. The molecule has 6 nitrogen and oxygen atoms in total. The zero-order valence-corrected chi connectivity index (χ0v) is 17.6. The largest absolute Gasteiger partial charge is 0.464 e. The fraction of sp³-hybridized carbons (Fsp3) is 0.450. The first kappa shape index (κ1) is 21.2. The predicted molar refractivity (Wildman–Crippen MR) is 105 cm³/mol. The molecule has 1 amide bonds. The van der Waals surface area contributed by atoms with E-state index in [1.807, 2.05) is 46.8 Å². The van der Waals surface area contributed by atoms with E-state index in [-0.39, 0.29) is 23.4 Å². The van der Waals surface area contributed by atoms with Gasteiger partial charge < -0.3 is 9.32 Å². The van der Waals surface area contributed by atoms with Gasteiger partial charge in [0.2, 0.25) is 15.9 Å². The van der Waals surface area contributed by atoms with Crippen LogP contribution in [0.5, 0.6) is 0 Å². The number of aryl methyl sites for hydroxylation is 3. The summed E-state index contributed by atoms with van der Waals surface area (Å²) >= 11 is 0. The molecule has 0 spiro atoms. The molecule has 0 atom stereocenters. The van der Waals surface area contributed by atoms with Crippen molar-refractivity contribution >= 4 is 15.9 Å². The SMILES string of the molecule is Cc1ccc(CN(C(=O)CN(C)S(=O)(=O)c2ccc(C)c(C)c2)C(C)C)o1. The second-order valence-corrected chi connectivity index (χ2v) is 9.18. The Morgan fingerprint density at radius 3 is 2.26 bits per heavy atom. The summed E-state index contributed by atoms with van der Waals surface area (Å²) < 4.78 is 32.3. The van der Waals surface area contributed by atoms with Crippen molar-refractivity contribution in [2.75, 3.05) is 13.6 Å². The van der Waals surface area contributed by atoms with E-state index in [1.165, 1.54) is 7.05 Å². The number of benzene rings is 1. The number of rotatable bonds is 7. The van der Waals surface area contributed by atoms with Gasteiger partial charge in [0.25, 0.3) is 0 Å². The number of sulfonamides is 1. The Morgan fingerprint density at radius 1 is 1.07 bits per heavy atom. The van der Waals surface area contributed by atoms with Crippen molar-refractivity contribution in [2.45, 2.75) is 52.1 Å². The van der Waals surface area contributed by atoms with Crippen molar-refractivity contribution in [3.05, 3.63) is 53.0 Å². The quantitative estimate of drug-likeness (QED) is 0.725. The molecule has 0 radical (unpaired) electrons. The Morgan fingerprint density at radius 2 is 1.74 bits per heavy atom. The minimum atomic E-state index is -3.74. The summed E-state index contributed by atoms with van der Waals surface area (Å²) in [5.41, 5.74) is 1.92. The molecule has 0 N–H and O–H groups in total. The molecular formula is C20H28N2O4S. The fourth-order valence-corrected chi connectivity index (χ4v) is 3.92. The van der Waals surface area contributed by atoms with Gasteiger partial charge in [0, 0.05) is 13.1 Å². The predicted octanol–water partition coefficient (Wildman–Crippen LogP) is 3.26. The van der Waals surface area contributed by atoms with Crippen LogP contribution in [0.15, 0.2) is 39.6 Å². The highest BCUT2D eigenvalue weighted by molar-refractivity contribution is 7.89. The van der Waals surface area contributed by atoms with E-state index < -0.39 is 10.0 Å². The maximum absolute atomic E-state index is 12.8. The molecule has 1 heterocycles. The monoisotopic (exact) mass is 392 g/mol. The van der Waals surface area contributed by atoms with E-state index in [0.717, 1.165) is 21.2 Å². The van der Waals surface area contributed by atoms with Crippen molar-refractivity contribution in [3.63, 3.8) is 0 Å². The lowest BCUT2D eigenvalue weighted by molar-refractivity contribution is -0.133. The lowest BCUT2D eigenvalue weighted by atomic mass is 10.1. The van der Waals surface area contributed by atoms with Crippen LogP contribution in [0, 0.1) is 20.8 Å². The van der Waals surface area contributed by atoms with Crippen LogP contribution >= 0.6 is 0 Å². The molecule has 27 heavy (non-hydrogen) atoms. The number of carbonyl (C=O) groups is 1. The first-order valence-corrected chi connectivity index (χ1v) is 10.3. The van der Waals surface area contributed by atoms with E-state index in [1.54, 1.807) is 23.1 Å². The van der Waals surface area contributed by atoms with Crippen LogP contribution in [0.25, 0.3) is 0 Å². The van der Waals surface area contributed by atoms with E-state index in [2.05, 4.69) is 0 Å². The first-order valence-electron chi connectivity index (χ1n) is 8.90. The lowest BCUT2D eigenvalue weighted by Crippen LogP contribution is -2.43. The smallest absolute Gasteiger partial charge is 0.243 e. The number of hydrogen-bond donors (Lipinski definition) is 0. The molecule has 2 aromatic rings. The maximum Gasteiger partial charge on any atom is 0.243 e. The van der Waals surface area contributed by atoms with Gasteiger partial charge in [-0.3, -0.25) is 4.79 Å². The number of carbonyl (C=O) groups excluding carboxylic acids is 1. The Bertz CT molecular complexity index is 916. The number of amides is 1. The molecule has 0 unspecified atom stereocenters. The third-order valence-electron chi connectivity index (χ3n) is 4.61. The summed E-state index contributed by atoms with van der Waals surface area (Å²) in [6, 6.07) is 8.57. The molecule has 0 fully saturated rings. The van der Waals surface area contributed by atoms with Gasteiger partial charge in [-0.15, -0.1) is 0 Å². The topological polar surface area (TPSA) is 70.8 Å². The summed E-state index contributed by atoms with van der Waals surface area (Å²) in [5.74, 6) is 1.18. The Kier molecular flexibility index (Phi) is 6.49. The minimum absolute atomic E-state index is 0.0828. The number of hydrogen-bond acceptors (Lipinski definition) is 4. The molecule has 0 bridgehead atoms. The Labute approximate surface area is 161 Å². The van der Waals surface area contributed by atoms with Gasteiger partial charge in [-0.05, 0) is 70.0 Å². The first-order chi connectivity index (χ1) is 12.5. The Balaban J connectivity index is 2.16. The summed E-state index contributed by atoms with van der Waals surface area (Å²) in [5, 5.41) is 0. The van der Waals surface area contributed by atoms with Gasteiger partial charge in [0.05, 0.1) is 18.0 Å². The van der Waals surface area contributed by atoms with Crippen LogP contribution in [0.4, 0.5) is 0 Å². The third-order valence-corrected chi connectivity index (χ3v) is 6.41. The molecule has 2 rings (SSSR count). The zero-order valence-electron chi connectivity index (χ0n) is 16.8. The van der Waals surface area contributed by atoms with Crippen LogP contribution in [-0.4, -0.2) is 43.2 Å². The average Bonchev–Trinajstić information content (AvgIpc) is 2.99. The summed E-state index contributed by atoms with van der Waals surface area (Å²) in [7, 11) is -2.31. The van der Waals surface area contributed by atoms with E-state index in [4.69, 9.17) is 4.42 Å². The molecule has 0 aliphatic heterocycles. The number of nitrogens with zero attached hydrogens (tertiary/aromatic N) is 2. The zero-order chi connectivity index (χ0) is 20.4. The van der Waals surface area contributed by atoms with Crippen molar-refractivity contribution in [1.82, 2.24) is 9.21 Å². The summed E-state index contributed by atoms with van der Waals surface area (Å²) in [6.07, 6.45) is 0. The molecule has 1 aromatic heterocycles.